The molecule has 0 unspecified atom stereocenters. The van der Waals surface area contributed by atoms with Crippen molar-refractivity contribution in [2.24, 2.45) is 0 Å². The Morgan fingerprint density at radius 3 is 1.15 bits per heavy atom. The lowest BCUT2D eigenvalue weighted by atomic mass is 10.1. The van der Waals surface area contributed by atoms with E-state index in [9.17, 15) is 0 Å². The zero-order valence-corrected chi connectivity index (χ0v) is 16.0. The minimum Gasteiger partial charge on any atom is -0.398 e. The molecule has 0 aliphatic heterocycles. The summed E-state index contributed by atoms with van der Waals surface area (Å²) in [6, 6.07) is 23.9. The lowest BCUT2D eigenvalue weighted by molar-refractivity contribution is 1.68. The van der Waals surface area contributed by atoms with Crippen molar-refractivity contribution in [1.82, 2.24) is 0 Å². The summed E-state index contributed by atoms with van der Waals surface area (Å²) >= 11 is 7.02. The molecule has 4 aromatic rings. The van der Waals surface area contributed by atoms with E-state index < -0.39 is 0 Å². The quantitative estimate of drug-likeness (QED) is 0.256. The molecule has 0 spiro atoms. The van der Waals surface area contributed by atoms with Gasteiger partial charge in [-0.1, -0.05) is 95.2 Å². The van der Waals surface area contributed by atoms with Crippen LogP contribution >= 0.6 is 31.9 Å². The number of hydrogen-bond donors (Lipinski definition) is 2. The number of benzene rings is 4. The molecule has 4 aromatic carbocycles. The predicted molar refractivity (Wildman–Crippen MR) is 126 cm³/mol. The Morgan fingerprint density at radius 1 is 0.462 bits per heavy atom. The molecular formula is C22H24Br2N2. The van der Waals surface area contributed by atoms with Gasteiger partial charge in [-0.05, 0) is 35.0 Å². The van der Waals surface area contributed by atoms with Gasteiger partial charge in [-0.3, -0.25) is 0 Å². The first-order valence-corrected chi connectivity index (χ1v) is 9.02. The maximum atomic E-state index is 5.77. The summed E-state index contributed by atoms with van der Waals surface area (Å²) in [4.78, 5) is 0. The molecule has 0 heterocycles. The molecular weight excluding hydrogens is 452 g/mol. The average molecular weight is 476 g/mol. The van der Waals surface area contributed by atoms with Crippen LogP contribution in [0.25, 0.3) is 21.5 Å². The van der Waals surface area contributed by atoms with E-state index in [1.807, 2.05) is 48.5 Å². The topological polar surface area (TPSA) is 52.0 Å². The third-order valence-electron chi connectivity index (χ3n) is 3.81. The molecule has 4 rings (SSSR count). The van der Waals surface area contributed by atoms with Gasteiger partial charge in [-0.15, -0.1) is 0 Å². The first kappa shape index (κ1) is 22.0. The number of halogens is 2. The van der Waals surface area contributed by atoms with Gasteiger partial charge in [0.15, 0.2) is 0 Å². The van der Waals surface area contributed by atoms with Crippen molar-refractivity contribution in [3.8, 4) is 0 Å². The highest BCUT2D eigenvalue weighted by molar-refractivity contribution is 9.11. The van der Waals surface area contributed by atoms with Crippen LogP contribution in [0.1, 0.15) is 14.9 Å². The van der Waals surface area contributed by atoms with E-state index >= 15 is 0 Å². The number of anilines is 2. The first-order valence-electron chi connectivity index (χ1n) is 7.43. The molecule has 0 aromatic heterocycles. The molecule has 0 bridgehead atoms. The molecule has 0 radical (unpaired) electrons. The van der Waals surface area contributed by atoms with Gasteiger partial charge in [0.25, 0.3) is 0 Å². The Hall–Kier alpha value is -2.04. The van der Waals surface area contributed by atoms with Crippen LogP contribution in [-0.2, 0) is 0 Å². The summed E-state index contributed by atoms with van der Waals surface area (Å²) in [6.07, 6.45) is 0. The van der Waals surface area contributed by atoms with Crippen LogP contribution in [-0.4, -0.2) is 0 Å². The number of nitrogens with two attached hydrogens (primary N) is 2. The van der Waals surface area contributed by atoms with Crippen LogP contribution in [0, 0.1) is 0 Å². The van der Waals surface area contributed by atoms with Crippen molar-refractivity contribution in [3.63, 3.8) is 0 Å². The maximum absolute atomic E-state index is 5.77. The molecule has 0 aliphatic carbocycles. The predicted octanol–water partition coefficient (Wildman–Crippen LogP) is 7.64. The van der Waals surface area contributed by atoms with Crippen LogP contribution < -0.4 is 11.5 Å². The highest BCUT2D eigenvalue weighted by Gasteiger charge is 1.99. The van der Waals surface area contributed by atoms with Gasteiger partial charge in [-0.2, -0.15) is 0 Å². The smallest absolute Gasteiger partial charge is 0.0394 e. The highest BCUT2D eigenvalue weighted by atomic mass is 79.9. The van der Waals surface area contributed by atoms with Gasteiger partial charge in [0, 0.05) is 31.1 Å². The van der Waals surface area contributed by atoms with Crippen molar-refractivity contribution >= 4 is 64.8 Å². The molecule has 26 heavy (non-hydrogen) atoms. The van der Waals surface area contributed by atoms with E-state index in [0.717, 1.165) is 31.1 Å². The SMILES string of the molecule is Brc1cccc2c(Br)cccc12.C.C.Nc1cccc2c(N)cccc12. The van der Waals surface area contributed by atoms with Crippen LogP contribution in [0.3, 0.4) is 0 Å². The molecule has 136 valence electrons. The summed E-state index contributed by atoms with van der Waals surface area (Å²) in [5, 5.41) is 4.54. The molecule has 0 fully saturated rings. The van der Waals surface area contributed by atoms with E-state index in [1.165, 1.54) is 10.8 Å². The zero-order chi connectivity index (χ0) is 17.1. The second-order valence-electron chi connectivity index (χ2n) is 5.36. The van der Waals surface area contributed by atoms with Crippen molar-refractivity contribution in [2.45, 2.75) is 14.9 Å². The Bertz CT molecular complexity index is 847. The van der Waals surface area contributed by atoms with E-state index in [0.29, 0.717) is 0 Å². The van der Waals surface area contributed by atoms with Crippen molar-refractivity contribution in [3.05, 3.63) is 81.7 Å². The number of nitrogen functional groups attached to an aromatic ring is 2. The summed E-state index contributed by atoms with van der Waals surface area (Å²) < 4.78 is 2.28. The van der Waals surface area contributed by atoms with Gasteiger partial charge in [0.2, 0.25) is 0 Å². The lowest BCUT2D eigenvalue weighted by Crippen LogP contribution is -1.90. The molecule has 0 saturated heterocycles. The van der Waals surface area contributed by atoms with Crippen molar-refractivity contribution < 1.29 is 0 Å². The summed E-state index contributed by atoms with van der Waals surface area (Å²) in [7, 11) is 0. The second kappa shape index (κ2) is 9.60. The Morgan fingerprint density at radius 2 is 0.769 bits per heavy atom. The van der Waals surface area contributed by atoms with Crippen molar-refractivity contribution in [2.75, 3.05) is 11.5 Å². The molecule has 0 atom stereocenters. The molecule has 2 nitrogen and oxygen atoms in total. The number of hydrogen-bond acceptors (Lipinski definition) is 2. The van der Waals surface area contributed by atoms with E-state index in [-0.39, 0.29) is 14.9 Å². The number of rotatable bonds is 0. The van der Waals surface area contributed by atoms with E-state index in [1.54, 1.807) is 0 Å². The van der Waals surface area contributed by atoms with E-state index in [2.05, 4.69) is 56.1 Å². The monoisotopic (exact) mass is 474 g/mol. The Balaban J connectivity index is 0.000000241. The second-order valence-corrected chi connectivity index (χ2v) is 7.07. The normalized spacial score (nSPS) is 9.62. The van der Waals surface area contributed by atoms with Gasteiger partial charge < -0.3 is 11.5 Å². The van der Waals surface area contributed by atoms with Crippen molar-refractivity contribution in [1.29, 1.82) is 0 Å². The van der Waals surface area contributed by atoms with Gasteiger partial charge in [-0.25, -0.2) is 0 Å². The fourth-order valence-corrected chi connectivity index (χ4v) is 3.59. The number of fused-ring (bicyclic) bond motifs is 2. The maximum Gasteiger partial charge on any atom is 0.0394 e. The fourth-order valence-electron chi connectivity index (χ4n) is 2.59. The Labute approximate surface area is 172 Å². The highest BCUT2D eigenvalue weighted by Crippen LogP contribution is 2.29. The van der Waals surface area contributed by atoms with Gasteiger partial charge >= 0.3 is 0 Å². The zero-order valence-electron chi connectivity index (χ0n) is 12.8. The minimum absolute atomic E-state index is 0. The summed E-state index contributed by atoms with van der Waals surface area (Å²) in [5.41, 5.74) is 13.1. The first-order chi connectivity index (χ1) is 11.6. The van der Waals surface area contributed by atoms with Gasteiger partial charge in [0.05, 0.1) is 0 Å². The summed E-state index contributed by atoms with van der Waals surface area (Å²) in [6.45, 7) is 0. The molecule has 4 heteroatoms. The van der Waals surface area contributed by atoms with Gasteiger partial charge in [0.1, 0.15) is 0 Å². The summed E-state index contributed by atoms with van der Waals surface area (Å²) in [5.74, 6) is 0. The molecule has 0 amide bonds. The standard InChI is InChI=1S/C10H6Br2.C10H10N2.2CH4/c2*11-9-5-1-3-7-8(9)4-2-6-10(7)12;;/h1-6H;1-6H,11-12H2;2*1H4. The van der Waals surface area contributed by atoms with Crippen LogP contribution in [0.4, 0.5) is 11.4 Å². The van der Waals surface area contributed by atoms with Crippen LogP contribution in [0.5, 0.6) is 0 Å². The van der Waals surface area contributed by atoms with Crippen LogP contribution in [0.15, 0.2) is 81.7 Å². The molecule has 0 saturated carbocycles. The van der Waals surface area contributed by atoms with E-state index in [4.69, 9.17) is 11.5 Å². The molecule has 4 N–H and O–H groups in total. The lowest BCUT2D eigenvalue weighted by Gasteiger charge is -2.03. The largest absolute Gasteiger partial charge is 0.398 e. The molecule has 0 aliphatic rings. The van der Waals surface area contributed by atoms with Crippen LogP contribution in [0.2, 0.25) is 0 Å². The Kier molecular flexibility index (Phi) is 8.12. The average Bonchev–Trinajstić information content (AvgIpc) is 2.58. The fraction of sp³-hybridized carbons (Fsp3) is 0.0909. The third kappa shape index (κ3) is 4.57. The minimum atomic E-state index is 0. The third-order valence-corrected chi connectivity index (χ3v) is 5.19.